The fourth-order valence-electron chi connectivity index (χ4n) is 1.99. The summed E-state index contributed by atoms with van der Waals surface area (Å²) in [5.41, 5.74) is 3.35. The van der Waals surface area contributed by atoms with Crippen LogP contribution < -0.4 is 0 Å². The highest BCUT2D eigenvalue weighted by Gasteiger charge is 2.12. The lowest BCUT2D eigenvalue weighted by Gasteiger charge is -1.99. The first-order chi connectivity index (χ1) is 8.25. The van der Waals surface area contributed by atoms with Crippen molar-refractivity contribution in [1.29, 1.82) is 0 Å². The fourth-order valence-corrected chi connectivity index (χ4v) is 2.85. The van der Waals surface area contributed by atoms with Gasteiger partial charge >= 0.3 is 0 Å². The van der Waals surface area contributed by atoms with Crippen LogP contribution in [-0.4, -0.2) is 0 Å². The van der Waals surface area contributed by atoms with Gasteiger partial charge < -0.3 is 4.42 Å². The van der Waals surface area contributed by atoms with Crippen molar-refractivity contribution in [3.8, 4) is 11.3 Å². The number of para-hydroxylation sites is 1. The minimum absolute atomic E-state index is 0.952. The summed E-state index contributed by atoms with van der Waals surface area (Å²) in [7, 11) is 0. The predicted molar refractivity (Wildman–Crippen MR) is 79.1 cm³/mol. The number of hydrogen-bond acceptors (Lipinski definition) is 1. The highest BCUT2D eigenvalue weighted by atomic mass is 127. The largest absolute Gasteiger partial charge is 0.455 e. The standard InChI is InChI=1S/C15H11IO/c1-10-5-4-6-11(9-10)15-14(16)12-7-2-3-8-13(12)17-15/h2-9H,1H3. The van der Waals surface area contributed by atoms with E-state index in [9.17, 15) is 0 Å². The molecule has 0 amide bonds. The number of benzene rings is 2. The quantitative estimate of drug-likeness (QED) is 0.570. The first-order valence-electron chi connectivity index (χ1n) is 5.50. The van der Waals surface area contributed by atoms with Crippen molar-refractivity contribution >= 4 is 33.6 Å². The molecule has 0 aliphatic rings. The Balaban J connectivity index is 2.27. The summed E-state index contributed by atoms with van der Waals surface area (Å²) in [5, 5.41) is 1.18. The van der Waals surface area contributed by atoms with Crippen LogP contribution in [0, 0.1) is 10.5 Å². The third kappa shape index (κ3) is 1.86. The summed E-state index contributed by atoms with van der Waals surface area (Å²) in [4.78, 5) is 0. The van der Waals surface area contributed by atoms with E-state index in [0.717, 1.165) is 16.9 Å². The maximum atomic E-state index is 5.93. The van der Waals surface area contributed by atoms with Crippen LogP contribution in [-0.2, 0) is 0 Å². The molecule has 0 aliphatic heterocycles. The molecule has 0 spiro atoms. The zero-order chi connectivity index (χ0) is 11.8. The summed E-state index contributed by atoms with van der Waals surface area (Å²) >= 11 is 2.36. The van der Waals surface area contributed by atoms with Gasteiger partial charge in [0.1, 0.15) is 11.3 Å². The molecule has 0 aliphatic carbocycles. The number of furan rings is 1. The minimum atomic E-state index is 0.952. The van der Waals surface area contributed by atoms with Gasteiger partial charge in [0.2, 0.25) is 0 Å². The van der Waals surface area contributed by atoms with Gasteiger partial charge in [-0.25, -0.2) is 0 Å². The molecule has 0 saturated heterocycles. The maximum Gasteiger partial charge on any atom is 0.148 e. The fraction of sp³-hybridized carbons (Fsp3) is 0.0667. The van der Waals surface area contributed by atoms with Crippen LogP contribution in [0.2, 0.25) is 0 Å². The Morgan fingerprint density at radius 1 is 1.00 bits per heavy atom. The average Bonchev–Trinajstić information content (AvgIpc) is 2.68. The molecule has 0 bridgehead atoms. The van der Waals surface area contributed by atoms with Crippen LogP contribution in [0.25, 0.3) is 22.3 Å². The number of fused-ring (bicyclic) bond motifs is 1. The molecular formula is C15H11IO. The second kappa shape index (κ2) is 4.18. The SMILES string of the molecule is Cc1cccc(-c2oc3ccccc3c2I)c1. The first-order valence-corrected chi connectivity index (χ1v) is 6.57. The summed E-state index contributed by atoms with van der Waals surface area (Å²) < 4.78 is 7.12. The molecule has 0 atom stereocenters. The topological polar surface area (TPSA) is 13.1 Å². The molecule has 17 heavy (non-hydrogen) atoms. The molecule has 2 aromatic carbocycles. The van der Waals surface area contributed by atoms with Gasteiger partial charge in [0.15, 0.2) is 0 Å². The van der Waals surface area contributed by atoms with E-state index in [0.29, 0.717) is 0 Å². The number of aryl methyl sites for hydroxylation is 1. The minimum Gasteiger partial charge on any atom is -0.455 e. The van der Waals surface area contributed by atoms with Crippen LogP contribution in [0.1, 0.15) is 5.56 Å². The molecule has 3 rings (SSSR count). The molecular weight excluding hydrogens is 323 g/mol. The monoisotopic (exact) mass is 334 g/mol. The van der Waals surface area contributed by atoms with Gasteiger partial charge in [0.25, 0.3) is 0 Å². The summed E-state index contributed by atoms with van der Waals surface area (Å²) in [6.45, 7) is 2.10. The van der Waals surface area contributed by atoms with Gasteiger partial charge in [0.05, 0.1) is 3.57 Å². The van der Waals surface area contributed by atoms with Crippen molar-refractivity contribution in [3.05, 3.63) is 57.7 Å². The van der Waals surface area contributed by atoms with E-state index < -0.39 is 0 Å². The highest BCUT2D eigenvalue weighted by molar-refractivity contribution is 14.1. The lowest BCUT2D eigenvalue weighted by atomic mass is 10.1. The van der Waals surface area contributed by atoms with Crippen molar-refractivity contribution in [1.82, 2.24) is 0 Å². The van der Waals surface area contributed by atoms with Gasteiger partial charge in [-0.1, -0.05) is 42.0 Å². The molecule has 84 valence electrons. The zero-order valence-corrected chi connectivity index (χ0v) is 11.6. The number of hydrogen-bond donors (Lipinski definition) is 0. The molecule has 0 radical (unpaired) electrons. The lowest BCUT2D eigenvalue weighted by molar-refractivity contribution is 0.629. The van der Waals surface area contributed by atoms with E-state index in [2.05, 4.69) is 59.8 Å². The molecule has 0 N–H and O–H groups in total. The van der Waals surface area contributed by atoms with E-state index in [1.165, 1.54) is 14.5 Å². The van der Waals surface area contributed by atoms with Crippen molar-refractivity contribution in [3.63, 3.8) is 0 Å². The predicted octanol–water partition coefficient (Wildman–Crippen LogP) is 5.01. The summed E-state index contributed by atoms with van der Waals surface area (Å²) in [6.07, 6.45) is 0. The van der Waals surface area contributed by atoms with Crippen LogP contribution in [0.15, 0.2) is 52.9 Å². The molecule has 1 heterocycles. The Hall–Kier alpha value is -1.29. The Kier molecular flexibility index (Phi) is 2.67. The molecule has 0 saturated carbocycles. The maximum absolute atomic E-state index is 5.93. The molecule has 1 nitrogen and oxygen atoms in total. The van der Waals surface area contributed by atoms with Crippen LogP contribution in [0.4, 0.5) is 0 Å². The van der Waals surface area contributed by atoms with Crippen LogP contribution in [0.5, 0.6) is 0 Å². The Bertz CT molecular complexity index is 682. The second-order valence-corrected chi connectivity index (χ2v) is 5.19. The van der Waals surface area contributed by atoms with E-state index in [1.807, 2.05) is 18.2 Å². The summed E-state index contributed by atoms with van der Waals surface area (Å²) in [5.74, 6) is 0.968. The number of halogens is 1. The van der Waals surface area contributed by atoms with E-state index in [-0.39, 0.29) is 0 Å². The number of rotatable bonds is 1. The average molecular weight is 334 g/mol. The van der Waals surface area contributed by atoms with Crippen molar-refractivity contribution in [2.75, 3.05) is 0 Å². The zero-order valence-electron chi connectivity index (χ0n) is 9.41. The van der Waals surface area contributed by atoms with Crippen LogP contribution >= 0.6 is 22.6 Å². The molecule has 1 aromatic heterocycles. The normalized spacial score (nSPS) is 10.9. The first kappa shape index (κ1) is 10.8. The van der Waals surface area contributed by atoms with Gasteiger partial charge in [-0.15, -0.1) is 0 Å². The smallest absolute Gasteiger partial charge is 0.148 e. The van der Waals surface area contributed by atoms with Gasteiger partial charge in [0, 0.05) is 10.9 Å². The summed E-state index contributed by atoms with van der Waals surface area (Å²) in [6, 6.07) is 16.6. The molecule has 3 aromatic rings. The van der Waals surface area contributed by atoms with Gasteiger partial charge in [-0.2, -0.15) is 0 Å². The molecule has 0 fully saturated rings. The van der Waals surface area contributed by atoms with Crippen LogP contribution in [0.3, 0.4) is 0 Å². The van der Waals surface area contributed by atoms with E-state index in [1.54, 1.807) is 0 Å². The second-order valence-electron chi connectivity index (χ2n) is 4.11. The van der Waals surface area contributed by atoms with Crippen molar-refractivity contribution < 1.29 is 4.42 Å². The highest BCUT2D eigenvalue weighted by Crippen LogP contribution is 2.34. The Morgan fingerprint density at radius 3 is 2.59 bits per heavy atom. The third-order valence-electron chi connectivity index (χ3n) is 2.82. The Morgan fingerprint density at radius 2 is 1.82 bits per heavy atom. The van der Waals surface area contributed by atoms with E-state index >= 15 is 0 Å². The van der Waals surface area contributed by atoms with E-state index in [4.69, 9.17) is 4.42 Å². The van der Waals surface area contributed by atoms with Gasteiger partial charge in [-0.05, 0) is 41.6 Å². The molecule has 0 unspecified atom stereocenters. The third-order valence-corrected chi connectivity index (χ3v) is 3.89. The van der Waals surface area contributed by atoms with Gasteiger partial charge in [-0.3, -0.25) is 0 Å². The van der Waals surface area contributed by atoms with Crippen molar-refractivity contribution in [2.24, 2.45) is 0 Å². The lowest BCUT2D eigenvalue weighted by Crippen LogP contribution is -1.78. The Labute approximate surface area is 114 Å². The van der Waals surface area contributed by atoms with Crippen molar-refractivity contribution in [2.45, 2.75) is 6.92 Å². The molecule has 2 heteroatoms.